The predicted octanol–water partition coefficient (Wildman–Crippen LogP) is 6.10. The molecule has 0 radical (unpaired) electrons. The van der Waals surface area contributed by atoms with Crippen LogP contribution in [0.1, 0.15) is 16.3 Å². The Labute approximate surface area is 129 Å². The standard InChI is InChI=1S/C12H2F9NOS/c13-10(14,15)4-2-5-7(22-9(24-5)12(19,20)21)3-1-6(11(16,17)18)23-8(3)4/h1-2H. The highest BCUT2D eigenvalue weighted by atomic mass is 32.1. The van der Waals surface area contributed by atoms with Gasteiger partial charge in [0.2, 0.25) is 5.76 Å². The van der Waals surface area contributed by atoms with E-state index in [9.17, 15) is 39.5 Å². The van der Waals surface area contributed by atoms with Gasteiger partial charge in [-0.25, -0.2) is 4.98 Å². The monoisotopic (exact) mass is 379 g/mol. The molecule has 2 aromatic heterocycles. The number of hydrogen-bond acceptors (Lipinski definition) is 3. The Morgan fingerprint density at radius 2 is 1.46 bits per heavy atom. The summed E-state index contributed by atoms with van der Waals surface area (Å²) in [6.07, 6.45) is -15.2. The number of benzene rings is 1. The van der Waals surface area contributed by atoms with E-state index >= 15 is 0 Å². The molecule has 0 fully saturated rings. The van der Waals surface area contributed by atoms with E-state index in [4.69, 9.17) is 0 Å². The average molecular weight is 379 g/mol. The summed E-state index contributed by atoms with van der Waals surface area (Å²) in [6, 6.07) is 0.515. The van der Waals surface area contributed by atoms with Crippen LogP contribution in [0.25, 0.3) is 21.2 Å². The summed E-state index contributed by atoms with van der Waals surface area (Å²) in [6.45, 7) is 0. The van der Waals surface area contributed by atoms with Gasteiger partial charge in [0.15, 0.2) is 5.01 Å². The largest absolute Gasteiger partial charge is 0.451 e. The smallest absolute Gasteiger partial charge is 0.449 e. The summed E-state index contributed by atoms with van der Waals surface area (Å²) >= 11 is -0.0929. The molecule has 12 heteroatoms. The maximum atomic E-state index is 13.0. The van der Waals surface area contributed by atoms with Crippen LogP contribution in [0.2, 0.25) is 0 Å². The van der Waals surface area contributed by atoms with E-state index in [-0.39, 0.29) is 17.4 Å². The molecule has 0 amide bonds. The Bertz CT molecular complexity index is 928. The Hall–Kier alpha value is -1.98. The van der Waals surface area contributed by atoms with Gasteiger partial charge in [-0.2, -0.15) is 39.5 Å². The van der Waals surface area contributed by atoms with Gasteiger partial charge in [0.1, 0.15) is 11.1 Å². The van der Waals surface area contributed by atoms with Crippen LogP contribution in [0.3, 0.4) is 0 Å². The van der Waals surface area contributed by atoms with E-state index in [2.05, 4.69) is 9.40 Å². The minimum atomic E-state index is -5.12. The van der Waals surface area contributed by atoms with Gasteiger partial charge in [-0.3, -0.25) is 0 Å². The van der Waals surface area contributed by atoms with Gasteiger partial charge in [-0.15, -0.1) is 11.3 Å². The van der Waals surface area contributed by atoms with E-state index < -0.39 is 56.0 Å². The molecule has 0 aliphatic rings. The number of furan rings is 1. The number of hydrogen-bond donors (Lipinski definition) is 0. The number of alkyl halides is 9. The lowest BCUT2D eigenvalue weighted by Gasteiger charge is -2.07. The van der Waals surface area contributed by atoms with E-state index in [0.717, 1.165) is 0 Å². The second kappa shape index (κ2) is 4.77. The number of rotatable bonds is 0. The zero-order chi connectivity index (χ0) is 18.1. The van der Waals surface area contributed by atoms with Crippen LogP contribution in [-0.4, -0.2) is 4.98 Å². The van der Waals surface area contributed by atoms with Gasteiger partial charge in [-0.1, -0.05) is 0 Å². The highest BCUT2D eigenvalue weighted by Crippen LogP contribution is 2.45. The molecule has 0 aliphatic carbocycles. The van der Waals surface area contributed by atoms with Crippen molar-refractivity contribution in [2.75, 3.05) is 0 Å². The molecule has 0 bridgehead atoms. The topological polar surface area (TPSA) is 26.0 Å². The van der Waals surface area contributed by atoms with Crippen LogP contribution >= 0.6 is 11.3 Å². The Balaban J connectivity index is 2.43. The van der Waals surface area contributed by atoms with Crippen LogP contribution in [0.5, 0.6) is 0 Å². The fourth-order valence-corrected chi connectivity index (χ4v) is 2.95. The molecule has 0 saturated heterocycles. The highest BCUT2D eigenvalue weighted by molar-refractivity contribution is 7.18. The minimum absolute atomic E-state index is 0.0929. The molecule has 0 saturated carbocycles. The lowest BCUT2D eigenvalue weighted by Crippen LogP contribution is -2.05. The molecular weight excluding hydrogens is 377 g/mol. The van der Waals surface area contributed by atoms with Gasteiger partial charge in [-0.05, 0) is 12.1 Å². The molecule has 0 spiro atoms. The van der Waals surface area contributed by atoms with E-state index in [1.54, 1.807) is 0 Å². The maximum absolute atomic E-state index is 13.0. The lowest BCUT2D eigenvalue weighted by molar-refractivity contribution is -0.153. The Kier molecular flexibility index (Phi) is 3.35. The third-order valence-corrected chi connectivity index (χ3v) is 4.04. The summed E-state index contributed by atoms with van der Waals surface area (Å²) in [5.74, 6) is -1.75. The molecule has 0 aliphatic heterocycles. The quantitative estimate of drug-likeness (QED) is 0.441. The first-order valence-corrected chi connectivity index (χ1v) is 6.69. The predicted molar refractivity (Wildman–Crippen MR) is 64.4 cm³/mol. The molecule has 2 nitrogen and oxygen atoms in total. The molecule has 0 unspecified atom stereocenters. The van der Waals surface area contributed by atoms with Crippen LogP contribution < -0.4 is 0 Å². The zero-order valence-electron chi connectivity index (χ0n) is 10.8. The van der Waals surface area contributed by atoms with Gasteiger partial charge >= 0.3 is 18.5 Å². The molecule has 0 atom stereocenters. The Morgan fingerprint density at radius 3 is 1.96 bits per heavy atom. The van der Waals surface area contributed by atoms with Crippen LogP contribution in [0.15, 0.2) is 16.5 Å². The van der Waals surface area contributed by atoms with Crippen molar-refractivity contribution in [1.29, 1.82) is 0 Å². The SMILES string of the molecule is FC(F)(F)c1cc2c(o1)c(C(F)(F)F)cc1sc(C(F)(F)F)nc12. The third kappa shape index (κ3) is 2.68. The first-order chi connectivity index (χ1) is 10.8. The molecule has 0 N–H and O–H groups in total. The second-order valence-corrected chi connectivity index (χ2v) is 5.67. The van der Waals surface area contributed by atoms with Crippen molar-refractivity contribution in [3.05, 3.63) is 28.5 Å². The van der Waals surface area contributed by atoms with Gasteiger partial charge in [0, 0.05) is 5.39 Å². The maximum Gasteiger partial charge on any atom is 0.449 e. The van der Waals surface area contributed by atoms with Crippen molar-refractivity contribution in [1.82, 2.24) is 4.98 Å². The van der Waals surface area contributed by atoms with Gasteiger partial charge in [0.05, 0.1) is 10.2 Å². The van der Waals surface area contributed by atoms with Crippen molar-refractivity contribution in [2.45, 2.75) is 18.5 Å². The summed E-state index contributed by atoms with van der Waals surface area (Å²) in [7, 11) is 0. The normalized spacial score (nSPS) is 14.0. The van der Waals surface area contributed by atoms with Crippen molar-refractivity contribution >= 4 is 32.5 Å². The number of thiazole rings is 1. The highest BCUT2D eigenvalue weighted by Gasteiger charge is 2.41. The summed E-state index contributed by atoms with van der Waals surface area (Å²) in [5, 5.41) is -2.24. The van der Waals surface area contributed by atoms with Crippen molar-refractivity contribution in [2.24, 2.45) is 0 Å². The van der Waals surface area contributed by atoms with Crippen LogP contribution in [0.4, 0.5) is 39.5 Å². The third-order valence-electron chi connectivity index (χ3n) is 2.99. The molecule has 130 valence electrons. The lowest BCUT2D eigenvalue weighted by atomic mass is 10.1. The van der Waals surface area contributed by atoms with Crippen LogP contribution in [-0.2, 0) is 18.5 Å². The fraction of sp³-hybridized carbons (Fsp3) is 0.250. The fourth-order valence-electron chi connectivity index (χ4n) is 2.06. The van der Waals surface area contributed by atoms with Gasteiger partial charge < -0.3 is 4.42 Å². The first-order valence-electron chi connectivity index (χ1n) is 5.87. The molecule has 3 rings (SSSR count). The Morgan fingerprint density at radius 1 is 0.833 bits per heavy atom. The van der Waals surface area contributed by atoms with Gasteiger partial charge in [0.25, 0.3) is 0 Å². The van der Waals surface area contributed by atoms with Crippen molar-refractivity contribution in [3.8, 4) is 0 Å². The number of fused-ring (bicyclic) bond motifs is 3. The minimum Gasteiger partial charge on any atom is -0.451 e. The summed E-state index contributed by atoms with van der Waals surface area (Å²) in [4.78, 5) is 3.13. The molecule has 2 heterocycles. The second-order valence-electron chi connectivity index (χ2n) is 4.64. The first kappa shape index (κ1) is 16.9. The van der Waals surface area contributed by atoms with E-state index in [0.29, 0.717) is 6.07 Å². The summed E-state index contributed by atoms with van der Waals surface area (Å²) < 4.78 is 119. The van der Waals surface area contributed by atoms with Crippen molar-refractivity contribution in [3.63, 3.8) is 0 Å². The number of halogens is 9. The van der Waals surface area contributed by atoms with E-state index in [1.807, 2.05) is 0 Å². The molecular formula is C12H2F9NOS. The van der Waals surface area contributed by atoms with Crippen molar-refractivity contribution < 1.29 is 43.9 Å². The zero-order valence-corrected chi connectivity index (χ0v) is 11.6. The number of aromatic nitrogens is 1. The van der Waals surface area contributed by atoms with E-state index in [1.165, 1.54) is 0 Å². The molecule has 24 heavy (non-hydrogen) atoms. The van der Waals surface area contributed by atoms with Crippen LogP contribution in [0, 0.1) is 0 Å². The molecule has 1 aromatic carbocycles. The average Bonchev–Trinajstić information content (AvgIpc) is 2.98. The molecule has 3 aromatic rings. The number of nitrogens with zero attached hydrogens (tertiary/aromatic N) is 1. The summed E-state index contributed by atoms with van der Waals surface area (Å²) in [5.41, 5.74) is -3.44.